The molecule has 7 nitrogen and oxygen atoms in total. The average Bonchev–Trinajstić information content (AvgIpc) is 2.70. The normalized spacial score (nSPS) is 11.8. The second-order valence-electron chi connectivity index (χ2n) is 6.17. The Morgan fingerprint density at radius 2 is 1.75 bits per heavy atom. The van der Waals surface area contributed by atoms with Crippen molar-refractivity contribution in [3.05, 3.63) is 91.7 Å². The van der Waals surface area contributed by atoms with Crippen molar-refractivity contribution in [2.24, 2.45) is 0 Å². The molecule has 0 saturated heterocycles. The van der Waals surface area contributed by atoms with Crippen LogP contribution in [0.1, 0.15) is 35.9 Å². The van der Waals surface area contributed by atoms with Gasteiger partial charge < -0.3 is 5.32 Å². The highest BCUT2D eigenvalue weighted by atomic mass is 35.5. The van der Waals surface area contributed by atoms with Gasteiger partial charge in [0.2, 0.25) is 5.69 Å². The minimum atomic E-state index is -0.726. The van der Waals surface area contributed by atoms with E-state index in [4.69, 9.17) is 11.6 Å². The molecule has 1 N–H and O–H groups in total. The number of hydrogen-bond donors (Lipinski definition) is 1. The Hall–Kier alpha value is -3.19. The number of carbonyl (C=O) groups is 1. The molecule has 0 saturated carbocycles. The molecule has 1 amide bonds. The Morgan fingerprint density at radius 3 is 2.36 bits per heavy atom. The van der Waals surface area contributed by atoms with Crippen molar-refractivity contribution in [2.45, 2.75) is 26.4 Å². The van der Waals surface area contributed by atoms with Crippen LogP contribution in [0.25, 0.3) is 5.69 Å². The molecule has 1 atom stereocenters. The maximum Gasteiger partial charge on any atom is 0.352 e. The summed E-state index contributed by atoms with van der Waals surface area (Å²) in [6.45, 7) is 3.58. The zero-order valence-electron chi connectivity index (χ0n) is 15.4. The van der Waals surface area contributed by atoms with Gasteiger partial charge >= 0.3 is 5.69 Å². The summed E-state index contributed by atoms with van der Waals surface area (Å²) in [5, 5.41) is 7.30. The Kier molecular flexibility index (Phi) is 5.75. The molecule has 0 aliphatic carbocycles. The van der Waals surface area contributed by atoms with Crippen molar-refractivity contribution >= 4 is 17.5 Å². The molecule has 0 fully saturated rings. The lowest BCUT2D eigenvalue weighted by Gasteiger charge is -2.15. The molecule has 3 rings (SSSR count). The largest absolute Gasteiger partial charge is 0.352 e. The summed E-state index contributed by atoms with van der Waals surface area (Å²) in [6, 6.07) is 15.4. The molecule has 1 aromatic heterocycles. The minimum Gasteiger partial charge on any atom is -0.344 e. The quantitative estimate of drug-likeness (QED) is 0.715. The van der Waals surface area contributed by atoms with E-state index in [1.165, 1.54) is 0 Å². The van der Waals surface area contributed by atoms with Gasteiger partial charge in [0.25, 0.3) is 11.5 Å². The molecule has 0 bridgehead atoms. The van der Waals surface area contributed by atoms with Crippen LogP contribution in [0.4, 0.5) is 0 Å². The van der Waals surface area contributed by atoms with Crippen LogP contribution in [-0.4, -0.2) is 20.3 Å². The molecule has 0 spiro atoms. The van der Waals surface area contributed by atoms with Crippen LogP contribution in [0.3, 0.4) is 0 Å². The van der Waals surface area contributed by atoms with Gasteiger partial charge in [-0.15, -0.1) is 0 Å². The lowest BCUT2D eigenvalue weighted by molar-refractivity contribution is 0.0930. The third-order valence-electron chi connectivity index (χ3n) is 4.31. The second-order valence-corrected chi connectivity index (χ2v) is 6.61. The van der Waals surface area contributed by atoms with E-state index in [-0.39, 0.29) is 18.3 Å². The fourth-order valence-corrected chi connectivity index (χ4v) is 2.90. The summed E-state index contributed by atoms with van der Waals surface area (Å²) in [4.78, 5) is 38.0. The first-order chi connectivity index (χ1) is 13.4. The van der Waals surface area contributed by atoms with Crippen LogP contribution < -0.4 is 16.6 Å². The molecule has 2 aromatic carbocycles. The molecule has 0 unspecified atom stereocenters. The number of amides is 1. The Bertz CT molecular complexity index is 1110. The highest BCUT2D eigenvalue weighted by Gasteiger charge is 2.21. The number of benzene rings is 2. The first-order valence-electron chi connectivity index (χ1n) is 8.78. The van der Waals surface area contributed by atoms with Gasteiger partial charge in [-0.3, -0.25) is 14.2 Å². The minimum absolute atomic E-state index is 0.113. The highest BCUT2D eigenvalue weighted by molar-refractivity contribution is 6.30. The molecular formula is C20H19ClN4O3. The van der Waals surface area contributed by atoms with Gasteiger partial charge in [-0.25, -0.2) is 4.79 Å². The summed E-state index contributed by atoms with van der Waals surface area (Å²) in [5.41, 5.74) is -0.406. The molecule has 1 heterocycles. The molecule has 0 aliphatic rings. The fourth-order valence-electron chi connectivity index (χ4n) is 2.78. The topological polar surface area (TPSA) is 86.0 Å². The van der Waals surface area contributed by atoms with Gasteiger partial charge in [0.1, 0.15) is 0 Å². The smallest absolute Gasteiger partial charge is 0.344 e. The number of rotatable bonds is 5. The lowest BCUT2D eigenvalue weighted by Crippen LogP contribution is -2.45. The van der Waals surface area contributed by atoms with E-state index in [1.807, 2.05) is 30.3 Å². The summed E-state index contributed by atoms with van der Waals surface area (Å²) in [6.07, 6.45) is 0. The lowest BCUT2D eigenvalue weighted by atomic mass is 10.1. The Labute approximate surface area is 166 Å². The predicted molar refractivity (Wildman–Crippen MR) is 107 cm³/mol. The van der Waals surface area contributed by atoms with Crippen molar-refractivity contribution in [1.29, 1.82) is 0 Å². The number of hydrogen-bond acceptors (Lipinski definition) is 4. The van der Waals surface area contributed by atoms with Crippen LogP contribution in [0.5, 0.6) is 0 Å². The fraction of sp³-hybridized carbons (Fsp3) is 0.200. The van der Waals surface area contributed by atoms with Crippen LogP contribution in [0.2, 0.25) is 5.02 Å². The van der Waals surface area contributed by atoms with Gasteiger partial charge in [-0.2, -0.15) is 9.78 Å². The third-order valence-corrected chi connectivity index (χ3v) is 4.56. The predicted octanol–water partition coefficient (Wildman–Crippen LogP) is 2.56. The SMILES string of the molecule is CCn1c(=O)c(C(=O)N[C@@H](C)c2ccccc2)nn(-c2ccc(Cl)cc2)c1=O. The molecule has 0 aliphatic heterocycles. The van der Waals surface area contributed by atoms with Gasteiger partial charge in [0, 0.05) is 11.6 Å². The van der Waals surface area contributed by atoms with E-state index in [9.17, 15) is 14.4 Å². The number of nitrogens with zero attached hydrogens (tertiary/aromatic N) is 3. The van der Waals surface area contributed by atoms with Crippen molar-refractivity contribution in [3.63, 3.8) is 0 Å². The molecule has 28 heavy (non-hydrogen) atoms. The standard InChI is InChI=1S/C20H19ClN4O3/c1-3-24-19(27)17(18(26)22-13(2)14-7-5-4-6-8-14)23-25(20(24)28)16-11-9-15(21)10-12-16/h4-13H,3H2,1-2H3,(H,22,26)/t13-/m0/s1. The molecule has 3 aromatic rings. The van der Waals surface area contributed by atoms with Crippen LogP contribution in [0, 0.1) is 0 Å². The monoisotopic (exact) mass is 398 g/mol. The average molecular weight is 399 g/mol. The Morgan fingerprint density at radius 1 is 1.11 bits per heavy atom. The number of nitrogens with one attached hydrogen (secondary N) is 1. The van der Waals surface area contributed by atoms with Gasteiger partial charge in [0.05, 0.1) is 11.7 Å². The summed E-state index contributed by atoms with van der Waals surface area (Å²) in [7, 11) is 0. The van der Waals surface area contributed by atoms with E-state index in [0.29, 0.717) is 10.7 Å². The van der Waals surface area contributed by atoms with Crippen molar-refractivity contribution < 1.29 is 4.79 Å². The molecule has 144 valence electrons. The van der Waals surface area contributed by atoms with E-state index in [2.05, 4.69) is 10.4 Å². The summed E-state index contributed by atoms with van der Waals surface area (Å²) < 4.78 is 2.01. The van der Waals surface area contributed by atoms with E-state index in [0.717, 1.165) is 14.8 Å². The zero-order chi connectivity index (χ0) is 20.3. The van der Waals surface area contributed by atoms with Crippen LogP contribution >= 0.6 is 11.6 Å². The van der Waals surface area contributed by atoms with Gasteiger partial charge in [0.15, 0.2) is 0 Å². The van der Waals surface area contributed by atoms with Crippen molar-refractivity contribution in [2.75, 3.05) is 0 Å². The van der Waals surface area contributed by atoms with Crippen LogP contribution in [-0.2, 0) is 6.54 Å². The third kappa shape index (κ3) is 3.89. The maximum atomic E-state index is 12.7. The molecular weight excluding hydrogens is 380 g/mol. The van der Waals surface area contributed by atoms with Gasteiger partial charge in [-0.1, -0.05) is 41.9 Å². The highest BCUT2D eigenvalue weighted by Crippen LogP contribution is 2.12. The second kappa shape index (κ2) is 8.22. The summed E-state index contributed by atoms with van der Waals surface area (Å²) >= 11 is 5.89. The number of carbonyl (C=O) groups excluding carboxylic acids is 1. The number of halogens is 1. The van der Waals surface area contributed by atoms with Crippen LogP contribution in [0.15, 0.2) is 64.2 Å². The number of aromatic nitrogens is 3. The van der Waals surface area contributed by atoms with Crippen molar-refractivity contribution in [3.8, 4) is 5.69 Å². The first kappa shape index (κ1) is 19.6. The summed E-state index contributed by atoms with van der Waals surface area (Å²) in [5.74, 6) is -0.647. The first-order valence-corrected chi connectivity index (χ1v) is 9.16. The van der Waals surface area contributed by atoms with Crippen molar-refractivity contribution in [1.82, 2.24) is 19.7 Å². The maximum absolute atomic E-state index is 12.7. The molecule has 8 heteroatoms. The van der Waals surface area contributed by atoms with E-state index >= 15 is 0 Å². The Balaban J connectivity index is 2.04. The zero-order valence-corrected chi connectivity index (χ0v) is 16.2. The van der Waals surface area contributed by atoms with E-state index in [1.54, 1.807) is 38.1 Å². The molecule has 0 radical (unpaired) electrons. The van der Waals surface area contributed by atoms with E-state index < -0.39 is 17.2 Å². The van der Waals surface area contributed by atoms with Gasteiger partial charge in [-0.05, 0) is 43.7 Å².